The van der Waals surface area contributed by atoms with Gasteiger partial charge in [0, 0.05) is 22.7 Å². The Balaban J connectivity index is 2.05. The molecule has 0 aliphatic carbocycles. The lowest BCUT2D eigenvalue weighted by atomic mass is 9.86. The van der Waals surface area contributed by atoms with Crippen molar-refractivity contribution in [3.05, 3.63) is 71.5 Å². The number of aryl methyl sites for hydroxylation is 2. The zero-order chi connectivity index (χ0) is 19.6. The van der Waals surface area contributed by atoms with E-state index in [0.29, 0.717) is 0 Å². The Labute approximate surface area is 165 Å². The van der Waals surface area contributed by atoms with Crippen LogP contribution in [0.25, 0.3) is 38.1 Å². The topological polar surface area (TPSA) is 17.3 Å². The average molecular weight is 367 g/mol. The largest absolute Gasteiger partial charge is 0.313 e. The summed E-state index contributed by atoms with van der Waals surface area (Å²) in [5.74, 6) is 0. The number of rotatable bonds is 1. The molecule has 0 N–H and O–H groups in total. The summed E-state index contributed by atoms with van der Waals surface area (Å²) in [7, 11) is 0. The van der Waals surface area contributed by atoms with Gasteiger partial charge in [0.2, 0.25) is 0 Å². The lowest BCUT2D eigenvalue weighted by Gasteiger charge is -2.18. The second-order valence-electron chi connectivity index (χ2n) is 9.23. The highest BCUT2D eigenvalue weighted by atomic mass is 14.9. The quantitative estimate of drug-likeness (QED) is 0.231. The number of hydrogen-bond donors (Lipinski definition) is 0. The minimum absolute atomic E-state index is 0.247. The Hall–Kier alpha value is -2.87. The van der Waals surface area contributed by atoms with Crippen molar-refractivity contribution in [1.29, 1.82) is 0 Å². The number of fused-ring (bicyclic) bond motifs is 7. The summed E-state index contributed by atoms with van der Waals surface area (Å²) < 4.78 is 2.47. The van der Waals surface area contributed by atoms with E-state index in [9.17, 15) is 0 Å². The summed E-state index contributed by atoms with van der Waals surface area (Å²) in [6, 6.07) is 17.5. The molecule has 0 aliphatic heterocycles. The molecule has 5 aromatic rings. The average Bonchev–Trinajstić information content (AvgIpc) is 2.91. The van der Waals surface area contributed by atoms with E-state index in [1.165, 1.54) is 49.4 Å². The van der Waals surface area contributed by atoms with Gasteiger partial charge in [-0.25, -0.2) is 0 Å². The Kier molecular flexibility index (Phi) is 3.58. The van der Waals surface area contributed by atoms with Crippen LogP contribution in [0.3, 0.4) is 0 Å². The molecule has 0 unspecified atom stereocenters. The second-order valence-corrected chi connectivity index (χ2v) is 9.23. The predicted octanol–water partition coefficient (Wildman–Crippen LogP) is 7.00. The van der Waals surface area contributed by atoms with Crippen molar-refractivity contribution in [1.82, 2.24) is 9.38 Å². The molecule has 3 heterocycles. The zero-order valence-electron chi connectivity index (χ0n) is 17.3. The van der Waals surface area contributed by atoms with E-state index in [1.807, 2.05) is 6.20 Å². The van der Waals surface area contributed by atoms with Crippen LogP contribution in [-0.2, 0) is 6.42 Å². The van der Waals surface area contributed by atoms with Crippen molar-refractivity contribution in [2.45, 2.75) is 41.0 Å². The van der Waals surface area contributed by atoms with Gasteiger partial charge in [0.05, 0.1) is 16.6 Å². The standard InChI is InChI=1S/C26H26N2/c1-16-22(15-26(3,4)5)17(2)28-23-14-19-10-7-6-9-18(19)13-21(23)24-20(25(16)28)11-8-12-27-24/h6-14H,15H2,1-5H3. The van der Waals surface area contributed by atoms with Crippen LogP contribution in [0.15, 0.2) is 54.7 Å². The molecule has 2 heteroatoms. The fourth-order valence-corrected chi connectivity index (χ4v) is 4.71. The van der Waals surface area contributed by atoms with Crippen LogP contribution in [0.2, 0.25) is 0 Å². The SMILES string of the molecule is Cc1c(CC(C)(C)C)c(C)n2c3cc4ccccc4cc3c3ncccc3c12. The van der Waals surface area contributed by atoms with Gasteiger partial charge in [-0.05, 0) is 71.8 Å². The number of hydrogen-bond acceptors (Lipinski definition) is 1. The zero-order valence-corrected chi connectivity index (χ0v) is 17.3. The highest BCUT2D eigenvalue weighted by Gasteiger charge is 2.22. The van der Waals surface area contributed by atoms with Gasteiger partial charge in [-0.2, -0.15) is 0 Å². The molecule has 0 saturated carbocycles. The number of benzene rings is 2. The third kappa shape index (κ3) is 2.44. The van der Waals surface area contributed by atoms with Crippen molar-refractivity contribution in [3.63, 3.8) is 0 Å². The van der Waals surface area contributed by atoms with E-state index >= 15 is 0 Å². The molecule has 28 heavy (non-hydrogen) atoms. The summed E-state index contributed by atoms with van der Waals surface area (Å²) in [6.45, 7) is 11.5. The fraction of sp³-hybridized carbons (Fsp3) is 0.269. The number of aromatic nitrogens is 2. The predicted molar refractivity (Wildman–Crippen MR) is 120 cm³/mol. The van der Waals surface area contributed by atoms with Crippen molar-refractivity contribution in [3.8, 4) is 0 Å². The Morgan fingerprint density at radius 2 is 1.61 bits per heavy atom. The summed E-state index contributed by atoms with van der Waals surface area (Å²) in [5, 5.41) is 5.00. The monoisotopic (exact) mass is 366 g/mol. The molecule has 0 radical (unpaired) electrons. The van der Waals surface area contributed by atoms with Crippen LogP contribution in [0.1, 0.15) is 37.6 Å². The van der Waals surface area contributed by atoms with E-state index in [2.05, 4.69) is 87.6 Å². The maximum atomic E-state index is 4.81. The van der Waals surface area contributed by atoms with Crippen molar-refractivity contribution < 1.29 is 0 Å². The minimum atomic E-state index is 0.247. The second kappa shape index (κ2) is 5.81. The van der Waals surface area contributed by atoms with E-state index < -0.39 is 0 Å². The van der Waals surface area contributed by atoms with E-state index in [-0.39, 0.29) is 5.41 Å². The molecule has 2 aromatic carbocycles. The molecule has 0 amide bonds. The maximum Gasteiger partial charge on any atom is 0.0816 e. The first-order chi connectivity index (χ1) is 13.3. The smallest absolute Gasteiger partial charge is 0.0816 e. The minimum Gasteiger partial charge on any atom is -0.313 e. The Morgan fingerprint density at radius 1 is 0.893 bits per heavy atom. The van der Waals surface area contributed by atoms with Gasteiger partial charge in [-0.3, -0.25) is 4.98 Å². The van der Waals surface area contributed by atoms with Crippen LogP contribution in [0.5, 0.6) is 0 Å². The van der Waals surface area contributed by atoms with Gasteiger partial charge in [0.25, 0.3) is 0 Å². The van der Waals surface area contributed by atoms with E-state index in [1.54, 1.807) is 0 Å². The highest BCUT2D eigenvalue weighted by molar-refractivity contribution is 6.14. The molecule has 0 aliphatic rings. The molecule has 0 fully saturated rings. The summed E-state index contributed by atoms with van der Waals surface area (Å²) in [5.41, 5.74) is 8.12. The molecule has 0 spiro atoms. The van der Waals surface area contributed by atoms with Crippen LogP contribution < -0.4 is 0 Å². The molecular formula is C26H26N2. The molecule has 3 aromatic heterocycles. The van der Waals surface area contributed by atoms with E-state index in [4.69, 9.17) is 4.98 Å². The van der Waals surface area contributed by atoms with Gasteiger partial charge in [-0.1, -0.05) is 45.0 Å². The molecule has 5 rings (SSSR count). The molecule has 0 bridgehead atoms. The normalized spacial score (nSPS) is 12.6. The van der Waals surface area contributed by atoms with Gasteiger partial charge in [0.15, 0.2) is 0 Å². The molecule has 0 saturated heterocycles. The molecular weight excluding hydrogens is 340 g/mol. The third-order valence-electron chi connectivity index (χ3n) is 5.93. The lowest BCUT2D eigenvalue weighted by molar-refractivity contribution is 0.409. The van der Waals surface area contributed by atoms with E-state index in [0.717, 1.165) is 11.9 Å². The fourth-order valence-electron chi connectivity index (χ4n) is 4.71. The first-order valence-electron chi connectivity index (χ1n) is 10.0. The first kappa shape index (κ1) is 17.2. The van der Waals surface area contributed by atoms with Crippen LogP contribution in [0, 0.1) is 19.3 Å². The van der Waals surface area contributed by atoms with Gasteiger partial charge < -0.3 is 4.40 Å². The van der Waals surface area contributed by atoms with Gasteiger partial charge >= 0.3 is 0 Å². The van der Waals surface area contributed by atoms with Crippen LogP contribution in [-0.4, -0.2) is 9.38 Å². The van der Waals surface area contributed by atoms with Crippen molar-refractivity contribution in [2.24, 2.45) is 5.41 Å². The highest BCUT2D eigenvalue weighted by Crippen LogP contribution is 2.38. The number of pyridine rings is 2. The third-order valence-corrected chi connectivity index (χ3v) is 5.93. The molecule has 2 nitrogen and oxygen atoms in total. The van der Waals surface area contributed by atoms with Gasteiger partial charge in [-0.15, -0.1) is 0 Å². The van der Waals surface area contributed by atoms with Crippen molar-refractivity contribution in [2.75, 3.05) is 0 Å². The number of nitrogens with zero attached hydrogens (tertiary/aromatic N) is 2. The van der Waals surface area contributed by atoms with Crippen molar-refractivity contribution >= 4 is 38.1 Å². The summed E-state index contributed by atoms with van der Waals surface area (Å²) in [6.07, 6.45) is 2.98. The lowest BCUT2D eigenvalue weighted by Crippen LogP contribution is -2.10. The Morgan fingerprint density at radius 3 is 2.32 bits per heavy atom. The maximum absolute atomic E-state index is 4.81. The Bertz CT molecular complexity index is 1380. The molecule has 140 valence electrons. The van der Waals surface area contributed by atoms with Crippen LogP contribution in [0.4, 0.5) is 0 Å². The van der Waals surface area contributed by atoms with Crippen LogP contribution >= 0.6 is 0 Å². The summed E-state index contributed by atoms with van der Waals surface area (Å²) >= 11 is 0. The van der Waals surface area contributed by atoms with Gasteiger partial charge in [0.1, 0.15) is 0 Å². The molecule has 0 atom stereocenters. The summed E-state index contributed by atoms with van der Waals surface area (Å²) in [4.78, 5) is 4.81. The first-order valence-corrected chi connectivity index (χ1v) is 10.0.